The summed E-state index contributed by atoms with van der Waals surface area (Å²) in [6.07, 6.45) is 3.30. The van der Waals surface area contributed by atoms with E-state index in [1.54, 1.807) is 12.3 Å². The molecule has 0 aliphatic carbocycles. The van der Waals surface area contributed by atoms with Gasteiger partial charge >= 0.3 is 5.97 Å². The minimum absolute atomic E-state index is 0.0222. The number of imidazole rings is 1. The molecular formula is C23H21N7O3. The summed E-state index contributed by atoms with van der Waals surface area (Å²) >= 11 is 0. The van der Waals surface area contributed by atoms with Crippen LogP contribution in [0.15, 0.2) is 47.1 Å². The Morgan fingerprint density at radius 1 is 1.18 bits per heavy atom. The number of rotatable bonds is 7. The van der Waals surface area contributed by atoms with Gasteiger partial charge in [-0.3, -0.25) is 0 Å². The fraction of sp³-hybridized carbons (Fsp3) is 0.217. The van der Waals surface area contributed by atoms with Crippen molar-refractivity contribution < 1.29 is 14.3 Å². The van der Waals surface area contributed by atoms with E-state index in [0.717, 1.165) is 46.4 Å². The second-order valence-corrected chi connectivity index (χ2v) is 7.78. The molecule has 5 aromatic rings. The number of aromatic amines is 1. The van der Waals surface area contributed by atoms with Gasteiger partial charge < -0.3 is 14.1 Å². The molecule has 0 aliphatic heterocycles. The number of tetrazole rings is 1. The van der Waals surface area contributed by atoms with E-state index in [-0.39, 0.29) is 5.69 Å². The van der Waals surface area contributed by atoms with Crippen LogP contribution in [0.3, 0.4) is 0 Å². The van der Waals surface area contributed by atoms with Crippen LogP contribution in [-0.4, -0.2) is 46.2 Å². The van der Waals surface area contributed by atoms with Gasteiger partial charge in [0.05, 0.1) is 12.8 Å². The van der Waals surface area contributed by atoms with Crippen molar-refractivity contribution in [1.82, 2.24) is 35.2 Å². The number of aromatic nitrogens is 7. The number of pyridine rings is 1. The maximum atomic E-state index is 11.5. The van der Waals surface area contributed by atoms with Crippen LogP contribution in [0, 0.1) is 6.92 Å². The predicted molar refractivity (Wildman–Crippen MR) is 120 cm³/mol. The molecule has 0 atom stereocenters. The minimum Gasteiger partial charge on any atom is -0.477 e. The summed E-state index contributed by atoms with van der Waals surface area (Å²) in [5.74, 6) is 0.875. The van der Waals surface area contributed by atoms with Gasteiger partial charge in [0.25, 0.3) is 0 Å². The molecule has 0 amide bonds. The molecule has 10 nitrogen and oxygen atoms in total. The van der Waals surface area contributed by atoms with Crippen LogP contribution in [0.4, 0.5) is 0 Å². The molecule has 4 aromatic heterocycles. The van der Waals surface area contributed by atoms with E-state index in [1.807, 2.05) is 41.8 Å². The lowest BCUT2D eigenvalue weighted by Gasteiger charge is -2.10. The fourth-order valence-electron chi connectivity index (χ4n) is 3.92. The minimum atomic E-state index is -1.05. The van der Waals surface area contributed by atoms with Gasteiger partial charge in [0.2, 0.25) is 5.82 Å². The van der Waals surface area contributed by atoms with Crippen LogP contribution in [0.5, 0.6) is 0 Å². The maximum Gasteiger partial charge on any atom is 0.354 e. The summed E-state index contributed by atoms with van der Waals surface area (Å²) in [5.41, 5.74) is 5.04. The van der Waals surface area contributed by atoms with E-state index in [2.05, 4.69) is 32.5 Å². The predicted octanol–water partition coefficient (Wildman–Crippen LogP) is 3.88. The number of carbonyl (C=O) groups is 1. The molecule has 166 valence electrons. The molecule has 4 heterocycles. The Hall–Kier alpha value is -4.34. The van der Waals surface area contributed by atoms with Crippen molar-refractivity contribution in [3.8, 4) is 22.7 Å². The van der Waals surface area contributed by atoms with Crippen LogP contribution in [0.2, 0.25) is 0 Å². The number of furan rings is 1. The number of carboxylic acids is 1. The topological polar surface area (TPSA) is 136 Å². The monoisotopic (exact) mass is 443 g/mol. The molecule has 0 unspecified atom stereocenters. The Kier molecular flexibility index (Phi) is 5.17. The van der Waals surface area contributed by atoms with Crippen molar-refractivity contribution in [2.24, 2.45) is 0 Å². The highest BCUT2D eigenvalue weighted by atomic mass is 16.4. The summed E-state index contributed by atoms with van der Waals surface area (Å²) in [4.78, 5) is 20.7. The molecule has 0 fully saturated rings. The third-order valence-electron chi connectivity index (χ3n) is 5.50. The summed E-state index contributed by atoms with van der Waals surface area (Å²) < 4.78 is 7.58. The Morgan fingerprint density at radius 3 is 2.70 bits per heavy atom. The molecule has 1 aromatic carbocycles. The van der Waals surface area contributed by atoms with Crippen LogP contribution in [0.25, 0.3) is 33.9 Å². The molecule has 10 heteroatoms. The highest BCUT2D eigenvalue weighted by Gasteiger charge is 2.18. The Labute approximate surface area is 188 Å². The molecule has 33 heavy (non-hydrogen) atoms. The van der Waals surface area contributed by atoms with Crippen molar-refractivity contribution in [1.29, 1.82) is 0 Å². The van der Waals surface area contributed by atoms with Gasteiger partial charge in [-0.25, -0.2) is 19.9 Å². The number of aryl methyl sites for hydroxylation is 2. The normalized spacial score (nSPS) is 11.3. The molecule has 0 aliphatic rings. The number of benzene rings is 1. The highest BCUT2D eigenvalue weighted by Crippen LogP contribution is 2.31. The Balaban J connectivity index is 1.51. The third kappa shape index (κ3) is 3.75. The Bertz CT molecular complexity index is 1430. The van der Waals surface area contributed by atoms with Crippen LogP contribution >= 0.6 is 0 Å². The third-order valence-corrected chi connectivity index (χ3v) is 5.50. The van der Waals surface area contributed by atoms with Crippen LogP contribution < -0.4 is 0 Å². The van der Waals surface area contributed by atoms with Gasteiger partial charge in [0.15, 0.2) is 17.1 Å². The molecule has 0 spiro atoms. The zero-order valence-electron chi connectivity index (χ0n) is 18.1. The molecule has 2 N–H and O–H groups in total. The number of carboxylic acid groups (broad SMARTS) is 1. The molecule has 0 radical (unpaired) electrons. The van der Waals surface area contributed by atoms with Crippen molar-refractivity contribution in [2.45, 2.75) is 33.2 Å². The zero-order chi connectivity index (χ0) is 22.9. The summed E-state index contributed by atoms with van der Waals surface area (Å²) in [7, 11) is 0. The van der Waals surface area contributed by atoms with Crippen molar-refractivity contribution in [2.75, 3.05) is 0 Å². The first-order valence-electron chi connectivity index (χ1n) is 10.6. The lowest BCUT2D eigenvalue weighted by atomic mass is 10.0. The van der Waals surface area contributed by atoms with Crippen molar-refractivity contribution in [3.63, 3.8) is 0 Å². The SMILES string of the molecule is CCCc1nc2c(C)cc(C(=O)O)nc2n1Cc1ccc(-c2ccoc2-c2nnn[nH]2)cc1. The number of H-pyrrole nitrogens is 1. The molecule has 0 bridgehead atoms. The quantitative estimate of drug-likeness (QED) is 0.387. The van der Waals surface area contributed by atoms with E-state index in [0.29, 0.717) is 23.8 Å². The zero-order valence-corrected chi connectivity index (χ0v) is 18.1. The van der Waals surface area contributed by atoms with Gasteiger partial charge in [-0.2, -0.15) is 0 Å². The van der Waals surface area contributed by atoms with Crippen LogP contribution in [-0.2, 0) is 13.0 Å². The largest absolute Gasteiger partial charge is 0.477 e. The number of hydrogen-bond donors (Lipinski definition) is 2. The summed E-state index contributed by atoms with van der Waals surface area (Å²) in [6.45, 7) is 4.49. The average molecular weight is 443 g/mol. The van der Waals surface area contributed by atoms with E-state index in [1.165, 1.54) is 0 Å². The van der Waals surface area contributed by atoms with Gasteiger partial charge in [0, 0.05) is 12.0 Å². The van der Waals surface area contributed by atoms with Gasteiger partial charge in [0.1, 0.15) is 11.3 Å². The van der Waals surface area contributed by atoms with Crippen molar-refractivity contribution in [3.05, 3.63) is 65.3 Å². The molecule has 5 rings (SSSR count). The van der Waals surface area contributed by atoms with E-state index < -0.39 is 5.97 Å². The molecular weight excluding hydrogens is 422 g/mol. The van der Waals surface area contributed by atoms with Gasteiger partial charge in [-0.05, 0) is 52.6 Å². The second kappa shape index (κ2) is 8.30. The average Bonchev–Trinajstić information content (AvgIpc) is 3.55. The standard InChI is InChI=1S/C23H21N7O3/c1-3-4-18-25-19-13(2)11-17(23(31)32)24-22(19)30(18)12-14-5-7-15(8-6-14)16-9-10-33-20(16)21-26-28-29-27-21/h5-11H,3-4,12H2,1-2H3,(H,31,32)(H,26,27,28,29). The second-order valence-electron chi connectivity index (χ2n) is 7.78. The smallest absolute Gasteiger partial charge is 0.354 e. The fourth-order valence-corrected chi connectivity index (χ4v) is 3.92. The van der Waals surface area contributed by atoms with Crippen LogP contribution in [0.1, 0.15) is 40.8 Å². The maximum absolute atomic E-state index is 11.5. The molecule has 0 saturated carbocycles. The van der Waals surface area contributed by atoms with E-state index >= 15 is 0 Å². The lowest BCUT2D eigenvalue weighted by Crippen LogP contribution is -2.08. The summed E-state index contributed by atoms with van der Waals surface area (Å²) in [6, 6.07) is 11.5. The first-order chi connectivity index (χ1) is 16.0. The Morgan fingerprint density at radius 2 is 2.00 bits per heavy atom. The number of nitrogens with zero attached hydrogens (tertiary/aromatic N) is 6. The van der Waals surface area contributed by atoms with Gasteiger partial charge in [-0.15, -0.1) is 5.10 Å². The van der Waals surface area contributed by atoms with E-state index in [4.69, 9.17) is 9.40 Å². The summed E-state index contributed by atoms with van der Waals surface area (Å²) in [5, 5.41) is 23.3. The lowest BCUT2D eigenvalue weighted by molar-refractivity contribution is 0.0690. The van der Waals surface area contributed by atoms with Gasteiger partial charge in [-0.1, -0.05) is 31.2 Å². The number of hydrogen-bond acceptors (Lipinski definition) is 7. The number of aromatic carboxylic acids is 1. The first-order valence-corrected chi connectivity index (χ1v) is 10.6. The number of fused-ring (bicyclic) bond motifs is 1. The highest BCUT2D eigenvalue weighted by molar-refractivity contribution is 5.89. The van der Waals surface area contributed by atoms with E-state index in [9.17, 15) is 9.90 Å². The molecule has 0 saturated heterocycles. The van der Waals surface area contributed by atoms with Crippen molar-refractivity contribution >= 4 is 17.1 Å². The first kappa shape index (κ1) is 20.6. The number of nitrogens with one attached hydrogen (secondary N) is 1.